The molecule has 1 aliphatic heterocycles. The van der Waals surface area contributed by atoms with Crippen LogP contribution in [-0.4, -0.2) is 18.4 Å². The van der Waals surface area contributed by atoms with Gasteiger partial charge in [-0.05, 0) is 36.2 Å². The van der Waals surface area contributed by atoms with E-state index in [4.69, 9.17) is 5.73 Å². The molecule has 25 heavy (non-hydrogen) atoms. The fraction of sp³-hybridized carbons (Fsp3) is 0.300. The van der Waals surface area contributed by atoms with Crippen molar-refractivity contribution in [2.24, 2.45) is 11.7 Å². The Morgan fingerprint density at radius 3 is 2.40 bits per heavy atom. The number of benzene rings is 2. The van der Waals surface area contributed by atoms with Crippen LogP contribution in [0, 0.1) is 5.92 Å². The fourth-order valence-electron chi connectivity index (χ4n) is 3.03. The van der Waals surface area contributed by atoms with Gasteiger partial charge in [0.2, 0.25) is 11.8 Å². The first-order chi connectivity index (χ1) is 12.1. The van der Waals surface area contributed by atoms with Crippen molar-refractivity contribution in [2.75, 3.05) is 16.8 Å². The molecule has 5 nitrogen and oxygen atoms in total. The van der Waals surface area contributed by atoms with Crippen LogP contribution in [0.25, 0.3) is 0 Å². The van der Waals surface area contributed by atoms with Crippen molar-refractivity contribution in [1.29, 1.82) is 0 Å². The molecule has 5 heteroatoms. The van der Waals surface area contributed by atoms with Crippen LogP contribution >= 0.6 is 0 Å². The van der Waals surface area contributed by atoms with Crippen LogP contribution in [0.3, 0.4) is 0 Å². The van der Waals surface area contributed by atoms with Crippen LogP contribution in [0.1, 0.15) is 31.4 Å². The number of hydrogen-bond acceptors (Lipinski definition) is 3. The van der Waals surface area contributed by atoms with E-state index in [-0.39, 0.29) is 23.8 Å². The molecule has 1 fully saturated rings. The van der Waals surface area contributed by atoms with Crippen LogP contribution in [0.4, 0.5) is 11.4 Å². The van der Waals surface area contributed by atoms with Crippen LogP contribution in [0.5, 0.6) is 0 Å². The van der Waals surface area contributed by atoms with E-state index < -0.39 is 0 Å². The molecule has 2 atom stereocenters. The minimum Gasteiger partial charge on any atom is -0.326 e. The standard InChI is InChI=1S/C20H23N3O2/c1-14(19(21)15-6-3-2-4-7-15)20(25)22-16-9-11-17(12-10-16)23-13-5-8-18(23)24/h2-4,6-7,9-12,14,19H,5,8,13,21H2,1H3,(H,22,25). The lowest BCUT2D eigenvalue weighted by atomic mass is 9.94. The van der Waals surface area contributed by atoms with Gasteiger partial charge in [-0.25, -0.2) is 0 Å². The Hall–Kier alpha value is -2.66. The highest BCUT2D eigenvalue weighted by Crippen LogP contribution is 2.24. The van der Waals surface area contributed by atoms with E-state index in [0.717, 1.165) is 24.2 Å². The molecule has 3 rings (SSSR count). The zero-order valence-corrected chi connectivity index (χ0v) is 14.3. The summed E-state index contributed by atoms with van der Waals surface area (Å²) in [6, 6.07) is 16.6. The summed E-state index contributed by atoms with van der Waals surface area (Å²) < 4.78 is 0. The minimum atomic E-state index is -0.359. The summed E-state index contributed by atoms with van der Waals surface area (Å²) >= 11 is 0. The quantitative estimate of drug-likeness (QED) is 0.880. The third-order valence-corrected chi connectivity index (χ3v) is 4.66. The molecule has 2 amide bonds. The first-order valence-electron chi connectivity index (χ1n) is 8.58. The van der Waals surface area contributed by atoms with Crippen molar-refractivity contribution in [3.63, 3.8) is 0 Å². The summed E-state index contributed by atoms with van der Waals surface area (Å²) in [5.41, 5.74) is 8.72. The van der Waals surface area contributed by atoms with Gasteiger partial charge in [-0.1, -0.05) is 37.3 Å². The average molecular weight is 337 g/mol. The maximum absolute atomic E-state index is 12.5. The van der Waals surface area contributed by atoms with E-state index in [9.17, 15) is 9.59 Å². The molecule has 0 aliphatic carbocycles. The monoisotopic (exact) mass is 337 g/mol. The summed E-state index contributed by atoms with van der Waals surface area (Å²) in [6.07, 6.45) is 1.50. The number of hydrogen-bond donors (Lipinski definition) is 2. The van der Waals surface area contributed by atoms with Gasteiger partial charge in [-0.15, -0.1) is 0 Å². The van der Waals surface area contributed by atoms with Crippen molar-refractivity contribution >= 4 is 23.2 Å². The molecule has 2 aromatic carbocycles. The van der Waals surface area contributed by atoms with E-state index in [0.29, 0.717) is 12.1 Å². The second-order valence-corrected chi connectivity index (χ2v) is 6.41. The molecule has 0 saturated carbocycles. The van der Waals surface area contributed by atoms with Gasteiger partial charge in [0.15, 0.2) is 0 Å². The summed E-state index contributed by atoms with van der Waals surface area (Å²) in [5, 5.41) is 2.90. The fourth-order valence-corrected chi connectivity index (χ4v) is 3.03. The number of anilines is 2. The second kappa shape index (κ2) is 7.49. The smallest absolute Gasteiger partial charge is 0.229 e. The molecule has 1 saturated heterocycles. The molecule has 0 radical (unpaired) electrons. The molecule has 1 heterocycles. The van der Waals surface area contributed by atoms with E-state index in [1.807, 2.05) is 61.5 Å². The molecule has 3 N–H and O–H groups in total. The molecular weight excluding hydrogens is 314 g/mol. The maximum atomic E-state index is 12.5. The Bertz CT molecular complexity index is 743. The third kappa shape index (κ3) is 3.88. The van der Waals surface area contributed by atoms with Gasteiger partial charge in [0.25, 0.3) is 0 Å². The van der Waals surface area contributed by atoms with Crippen molar-refractivity contribution in [3.05, 3.63) is 60.2 Å². The summed E-state index contributed by atoms with van der Waals surface area (Å²) in [6.45, 7) is 2.58. The number of carbonyl (C=O) groups is 2. The predicted molar refractivity (Wildman–Crippen MR) is 99.2 cm³/mol. The lowest BCUT2D eigenvalue weighted by molar-refractivity contribution is -0.120. The summed E-state index contributed by atoms with van der Waals surface area (Å²) in [5.74, 6) is -0.331. The molecule has 0 bridgehead atoms. The largest absolute Gasteiger partial charge is 0.326 e. The van der Waals surface area contributed by atoms with Crippen LogP contribution in [0.2, 0.25) is 0 Å². The van der Waals surface area contributed by atoms with Crippen molar-refractivity contribution in [2.45, 2.75) is 25.8 Å². The molecular formula is C20H23N3O2. The number of nitrogens with two attached hydrogens (primary N) is 1. The zero-order chi connectivity index (χ0) is 17.8. The second-order valence-electron chi connectivity index (χ2n) is 6.41. The predicted octanol–water partition coefficient (Wildman–Crippen LogP) is 3.09. The topological polar surface area (TPSA) is 75.4 Å². The van der Waals surface area contributed by atoms with Crippen LogP contribution in [-0.2, 0) is 9.59 Å². The first-order valence-corrected chi connectivity index (χ1v) is 8.58. The average Bonchev–Trinajstić information content (AvgIpc) is 3.07. The number of nitrogens with zero attached hydrogens (tertiary/aromatic N) is 1. The van der Waals surface area contributed by atoms with Gasteiger partial charge in [0, 0.05) is 30.4 Å². The SMILES string of the molecule is CC(C(=O)Nc1ccc(N2CCCC2=O)cc1)C(N)c1ccccc1. The Labute approximate surface area is 147 Å². The number of carbonyl (C=O) groups excluding carboxylic acids is 2. The Morgan fingerprint density at radius 1 is 1.12 bits per heavy atom. The zero-order valence-electron chi connectivity index (χ0n) is 14.3. The van der Waals surface area contributed by atoms with Gasteiger partial charge >= 0.3 is 0 Å². The third-order valence-electron chi connectivity index (χ3n) is 4.66. The van der Waals surface area contributed by atoms with Gasteiger partial charge in [-0.3, -0.25) is 9.59 Å². The van der Waals surface area contributed by atoms with Gasteiger partial charge in [0.05, 0.1) is 5.92 Å². The summed E-state index contributed by atoms with van der Waals surface area (Å²) in [4.78, 5) is 26.0. The lowest BCUT2D eigenvalue weighted by Gasteiger charge is -2.20. The molecule has 2 aromatic rings. The van der Waals surface area contributed by atoms with Gasteiger partial charge in [-0.2, -0.15) is 0 Å². The van der Waals surface area contributed by atoms with Crippen LogP contribution < -0.4 is 16.0 Å². The van der Waals surface area contributed by atoms with Gasteiger partial charge in [0.1, 0.15) is 0 Å². The molecule has 130 valence electrons. The first kappa shape index (κ1) is 17.2. The lowest BCUT2D eigenvalue weighted by Crippen LogP contribution is -2.30. The highest BCUT2D eigenvalue weighted by molar-refractivity contribution is 5.96. The van der Waals surface area contributed by atoms with E-state index in [1.54, 1.807) is 4.90 Å². The van der Waals surface area contributed by atoms with Crippen molar-refractivity contribution in [1.82, 2.24) is 0 Å². The molecule has 1 aliphatic rings. The molecule has 2 unspecified atom stereocenters. The highest BCUT2D eigenvalue weighted by Gasteiger charge is 2.23. The van der Waals surface area contributed by atoms with E-state index in [2.05, 4.69) is 5.32 Å². The van der Waals surface area contributed by atoms with Crippen molar-refractivity contribution in [3.8, 4) is 0 Å². The van der Waals surface area contributed by atoms with Crippen molar-refractivity contribution < 1.29 is 9.59 Å². The molecule has 0 aromatic heterocycles. The number of amides is 2. The van der Waals surface area contributed by atoms with Gasteiger partial charge < -0.3 is 16.0 Å². The van der Waals surface area contributed by atoms with E-state index in [1.165, 1.54) is 0 Å². The van der Waals surface area contributed by atoms with E-state index >= 15 is 0 Å². The normalized spacial score (nSPS) is 16.6. The Morgan fingerprint density at radius 2 is 1.80 bits per heavy atom. The Kier molecular flexibility index (Phi) is 5.14. The minimum absolute atomic E-state index is 0.124. The maximum Gasteiger partial charge on any atom is 0.229 e. The molecule has 0 spiro atoms. The summed E-state index contributed by atoms with van der Waals surface area (Å²) in [7, 11) is 0. The van der Waals surface area contributed by atoms with Crippen LogP contribution in [0.15, 0.2) is 54.6 Å². The Balaban J connectivity index is 1.63. The number of nitrogens with one attached hydrogen (secondary N) is 1. The highest BCUT2D eigenvalue weighted by atomic mass is 16.2. The number of rotatable bonds is 5.